The van der Waals surface area contributed by atoms with Gasteiger partial charge in [-0.15, -0.1) is 12.4 Å². The van der Waals surface area contributed by atoms with Crippen molar-refractivity contribution in [2.45, 2.75) is 12.5 Å². The second kappa shape index (κ2) is 6.68. The van der Waals surface area contributed by atoms with E-state index in [4.69, 9.17) is 17.3 Å². The van der Waals surface area contributed by atoms with Gasteiger partial charge < -0.3 is 10.5 Å². The van der Waals surface area contributed by atoms with Crippen LogP contribution in [0.1, 0.15) is 18.0 Å². The Kier molecular flexibility index (Phi) is 6.33. The highest BCUT2D eigenvalue weighted by Crippen LogP contribution is 2.21. The fourth-order valence-corrected chi connectivity index (χ4v) is 1.33. The second-order valence-corrected chi connectivity index (χ2v) is 3.49. The van der Waals surface area contributed by atoms with E-state index in [-0.39, 0.29) is 24.4 Å². The van der Waals surface area contributed by atoms with Gasteiger partial charge in [-0.25, -0.2) is 4.39 Å². The Morgan fingerprint density at radius 2 is 2.25 bits per heavy atom. The van der Waals surface area contributed by atoms with Crippen molar-refractivity contribution >= 4 is 30.0 Å². The van der Waals surface area contributed by atoms with Crippen molar-refractivity contribution in [2.75, 3.05) is 7.11 Å². The number of halogens is 3. The first kappa shape index (κ1) is 15.2. The number of rotatable bonds is 3. The van der Waals surface area contributed by atoms with Crippen molar-refractivity contribution in [3.8, 4) is 0 Å². The number of esters is 1. The van der Waals surface area contributed by atoms with Crippen molar-refractivity contribution < 1.29 is 13.9 Å². The minimum Gasteiger partial charge on any atom is -0.469 e. The van der Waals surface area contributed by atoms with E-state index in [1.807, 2.05) is 0 Å². The van der Waals surface area contributed by atoms with Crippen molar-refractivity contribution in [1.29, 1.82) is 0 Å². The van der Waals surface area contributed by atoms with Crippen LogP contribution in [-0.4, -0.2) is 13.1 Å². The molecule has 0 bridgehead atoms. The van der Waals surface area contributed by atoms with Crippen LogP contribution >= 0.6 is 24.0 Å². The van der Waals surface area contributed by atoms with Crippen molar-refractivity contribution in [3.05, 3.63) is 34.6 Å². The van der Waals surface area contributed by atoms with Gasteiger partial charge in [-0.05, 0) is 12.1 Å². The molecule has 0 unspecified atom stereocenters. The zero-order chi connectivity index (χ0) is 11.4. The maximum Gasteiger partial charge on any atom is 0.307 e. The zero-order valence-corrected chi connectivity index (χ0v) is 10.1. The third kappa shape index (κ3) is 3.96. The lowest BCUT2D eigenvalue weighted by Crippen LogP contribution is -2.17. The Hall–Kier alpha value is -0.840. The van der Waals surface area contributed by atoms with Gasteiger partial charge in [0.05, 0.1) is 13.5 Å². The van der Waals surface area contributed by atoms with E-state index < -0.39 is 17.8 Å². The van der Waals surface area contributed by atoms with E-state index in [0.29, 0.717) is 5.02 Å². The van der Waals surface area contributed by atoms with Gasteiger partial charge in [-0.3, -0.25) is 4.79 Å². The maximum atomic E-state index is 13.3. The van der Waals surface area contributed by atoms with E-state index in [1.165, 1.54) is 19.2 Å². The Morgan fingerprint density at radius 3 is 2.75 bits per heavy atom. The Labute approximate surface area is 104 Å². The summed E-state index contributed by atoms with van der Waals surface area (Å²) in [5, 5.41) is 0.293. The summed E-state index contributed by atoms with van der Waals surface area (Å²) in [5.74, 6) is -0.990. The first-order chi connectivity index (χ1) is 7.04. The number of carbonyl (C=O) groups is 1. The molecule has 3 nitrogen and oxygen atoms in total. The lowest BCUT2D eigenvalue weighted by molar-refractivity contribution is -0.141. The summed E-state index contributed by atoms with van der Waals surface area (Å²) < 4.78 is 17.8. The van der Waals surface area contributed by atoms with Gasteiger partial charge in [0.1, 0.15) is 5.82 Å². The van der Waals surface area contributed by atoms with Gasteiger partial charge in [0.15, 0.2) is 0 Å². The molecule has 0 aliphatic carbocycles. The Balaban J connectivity index is 0.00000225. The standard InChI is InChI=1S/C10H11ClFNO2.ClH/c1-15-10(14)5-9(13)7-3-2-6(11)4-8(7)12;/h2-4,9H,5,13H2,1H3;1H/t9-;/m0./s1. The van der Waals surface area contributed by atoms with E-state index in [0.717, 1.165) is 6.07 Å². The lowest BCUT2D eigenvalue weighted by Gasteiger charge is -2.11. The molecule has 90 valence electrons. The number of benzene rings is 1. The quantitative estimate of drug-likeness (QED) is 0.857. The number of carbonyl (C=O) groups excluding carboxylic acids is 1. The molecule has 2 N–H and O–H groups in total. The van der Waals surface area contributed by atoms with Gasteiger partial charge in [0.25, 0.3) is 0 Å². The predicted octanol–water partition coefficient (Wildman–Crippen LogP) is 2.46. The van der Waals surface area contributed by atoms with E-state index in [2.05, 4.69) is 4.74 Å². The van der Waals surface area contributed by atoms with E-state index in [1.54, 1.807) is 0 Å². The topological polar surface area (TPSA) is 52.3 Å². The molecule has 0 amide bonds. The van der Waals surface area contributed by atoms with Gasteiger partial charge >= 0.3 is 5.97 Å². The van der Waals surface area contributed by atoms with Crippen molar-refractivity contribution in [3.63, 3.8) is 0 Å². The van der Waals surface area contributed by atoms with Crippen LogP contribution < -0.4 is 5.73 Å². The molecule has 0 aliphatic rings. The summed E-state index contributed by atoms with van der Waals surface area (Å²) in [7, 11) is 1.26. The number of methoxy groups -OCH3 is 1. The molecule has 0 aromatic heterocycles. The Morgan fingerprint density at radius 1 is 1.62 bits per heavy atom. The first-order valence-corrected chi connectivity index (χ1v) is 4.69. The summed E-state index contributed by atoms with van der Waals surface area (Å²) in [6.45, 7) is 0. The average molecular weight is 268 g/mol. The molecule has 1 aromatic carbocycles. The molecular weight excluding hydrogens is 256 g/mol. The third-order valence-electron chi connectivity index (χ3n) is 1.98. The normalized spacial score (nSPS) is 11.5. The monoisotopic (exact) mass is 267 g/mol. The SMILES string of the molecule is COC(=O)C[C@H](N)c1ccc(Cl)cc1F.Cl. The molecule has 0 heterocycles. The minimum absolute atomic E-state index is 0. The fourth-order valence-electron chi connectivity index (χ4n) is 1.18. The lowest BCUT2D eigenvalue weighted by atomic mass is 10.0. The summed E-state index contributed by atoms with van der Waals surface area (Å²) in [6.07, 6.45) is -0.0605. The number of ether oxygens (including phenoxy) is 1. The van der Waals surface area contributed by atoms with Crippen LogP contribution in [0.5, 0.6) is 0 Å². The van der Waals surface area contributed by atoms with Gasteiger partial charge in [0, 0.05) is 16.6 Å². The van der Waals surface area contributed by atoms with Gasteiger partial charge in [0.2, 0.25) is 0 Å². The van der Waals surface area contributed by atoms with Crippen LogP contribution in [-0.2, 0) is 9.53 Å². The molecular formula is C10H12Cl2FNO2. The Bertz CT molecular complexity index is 374. The molecule has 16 heavy (non-hydrogen) atoms. The summed E-state index contributed by atoms with van der Waals surface area (Å²) in [5.41, 5.74) is 5.89. The smallest absolute Gasteiger partial charge is 0.307 e. The predicted molar refractivity (Wildman–Crippen MR) is 62.2 cm³/mol. The molecule has 1 rings (SSSR count). The molecule has 0 saturated heterocycles. The highest BCUT2D eigenvalue weighted by atomic mass is 35.5. The van der Waals surface area contributed by atoms with E-state index >= 15 is 0 Å². The largest absolute Gasteiger partial charge is 0.469 e. The van der Waals surface area contributed by atoms with Crippen LogP contribution in [0.2, 0.25) is 5.02 Å². The number of hydrogen-bond acceptors (Lipinski definition) is 3. The number of nitrogens with two attached hydrogens (primary N) is 1. The summed E-state index contributed by atoms with van der Waals surface area (Å²) in [4.78, 5) is 10.9. The second-order valence-electron chi connectivity index (χ2n) is 3.05. The van der Waals surface area contributed by atoms with Crippen LogP contribution in [0, 0.1) is 5.82 Å². The fraction of sp³-hybridized carbons (Fsp3) is 0.300. The maximum absolute atomic E-state index is 13.3. The van der Waals surface area contributed by atoms with Crippen LogP contribution in [0.4, 0.5) is 4.39 Å². The van der Waals surface area contributed by atoms with Crippen molar-refractivity contribution in [2.24, 2.45) is 5.73 Å². The van der Waals surface area contributed by atoms with Crippen LogP contribution in [0.15, 0.2) is 18.2 Å². The first-order valence-electron chi connectivity index (χ1n) is 4.32. The van der Waals surface area contributed by atoms with Gasteiger partial charge in [-0.2, -0.15) is 0 Å². The van der Waals surface area contributed by atoms with Crippen LogP contribution in [0.25, 0.3) is 0 Å². The van der Waals surface area contributed by atoms with Crippen LogP contribution in [0.3, 0.4) is 0 Å². The molecule has 1 atom stereocenters. The molecule has 0 spiro atoms. The van der Waals surface area contributed by atoms with Gasteiger partial charge in [-0.1, -0.05) is 17.7 Å². The molecule has 0 radical (unpaired) electrons. The van der Waals surface area contributed by atoms with E-state index in [9.17, 15) is 9.18 Å². The number of hydrogen-bond donors (Lipinski definition) is 1. The summed E-state index contributed by atoms with van der Waals surface area (Å²) >= 11 is 5.58. The molecule has 6 heteroatoms. The molecule has 0 saturated carbocycles. The minimum atomic E-state index is -0.713. The third-order valence-corrected chi connectivity index (χ3v) is 2.21. The van der Waals surface area contributed by atoms with Crippen molar-refractivity contribution in [1.82, 2.24) is 0 Å². The molecule has 1 aromatic rings. The average Bonchev–Trinajstić information content (AvgIpc) is 2.17. The zero-order valence-electron chi connectivity index (χ0n) is 8.57. The summed E-state index contributed by atoms with van der Waals surface area (Å²) in [6, 6.07) is 3.44. The molecule has 0 aliphatic heterocycles. The highest BCUT2D eigenvalue weighted by Gasteiger charge is 2.15. The molecule has 0 fully saturated rings. The highest BCUT2D eigenvalue weighted by molar-refractivity contribution is 6.30.